The molecule has 6 heteroatoms. The lowest BCUT2D eigenvalue weighted by Crippen LogP contribution is -2.40. The summed E-state index contributed by atoms with van der Waals surface area (Å²) in [4.78, 5) is 31.6. The molecule has 1 aliphatic rings. The number of hydrogen-bond acceptors (Lipinski definition) is 3. The molecule has 5 nitrogen and oxygen atoms in total. The first-order valence-corrected chi connectivity index (χ1v) is 8.91. The normalized spacial score (nSPS) is 14.2. The summed E-state index contributed by atoms with van der Waals surface area (Å²) in [6, 6.07) is 12.3. The molecule has 2 aromatic rings. The molecule has 0 N–H and O–H groups in total. The van der Waals surface area contributed by atoms with Gasteiger partial charge in [0.05, 0.1) is 22.5 Å². The summed E-state index contributed by atoms with van der Waals surface area (Å²) in [6.07, 6.45) is 0.789. The minimum absolute atomic E-state index is 0.123. The van der Waals surface area contributed by atoms with Crippen LogP contribution in [0.4, 0.5) is 11.4 Å². The topological polar surface area (TPSA) is 43.9 Å². The molecule has 0 bridgehead atoms. The van der Waals surface area contributed by atoms with Gasteiger partial charge >= 0.3 is 0 Å². The van der Waals surface area contributed by atoms with E-state index in [0.717, 1.165) is 13.0 Å². The molecule has 0 unspecified atom stereocenters. The van der Waals surface area contributed by atoms with E-state index in [1.165, 1.54) is 4.90 Å². The highest BCUT2D eigenvalue weighted by Gasteiger charge is 2.31. The summed E-state index contributed by atoms with van der Waals surface area (Å²) in [5.74, 6) is -0.281. The zero-order valence-corrected chi connectivity index (χ0v) is 16.0. The van der Waals surface area contributed by atoms with E-state index in [1.54, 1.807) is 42.3 Å². The summed E-state index contributed by atoms with van der Waals surface area (Å²) < 4.78 is 0. The molecular weight excluding hydrogens is 350 g/mol. The number of anilines is 2. The first-order chi connectivity index (χ1) is 12.4. The Bertz CT molecular complexity index is 851. The standard InChI is InChI=1S/C20H22ClN3O2/c1-22(2)11-6-12-24-18-13-14(21)9-10-16(18)19(25)23(3)17-8-5-4-7-15(17)20(24)26/h4-5,7-10,13H,6,11-12H2,1-3H3. The van der Waals surface area contributed by atoms with Gasteiger partial charge in [0.1, 0.15) is 0 Å². The number of benzene rings is 2. The van der Waals surface area contributed by atoms with Crippen molar-refractivity contribution in [3.8, 4) is 0 Å². The molecule has 0 saturated carbocycles. The van der Waals surface area contributed by atoms with Crippen LogP contribution in [0.1, 0.15) is 27.1 Å². The SMILES string of the molecule is CN(C)CCCN1C(=O)c2ccccc2N(C)C(=O)c2ccc(Cl)cc21. The van der Waals surface area contributed by atoms with Gasteiger partial charge in [-0.05, 0) is 57.4 Å². The Morgan fingerprint density at radius 2 is 1.65 bits per heavy atom. The van der Waals surface area contributed by atoms with Crippen LogP contribution in [0, 0.1) is 0 Å². The van der Waals surface area contributed by atoms with E-state index in [2.05, 4.69) is 4.90 Å². The number of carbonyl (C=O) groups excluding carboxylic acids is 2. The zero-order valence-electron chi connectivity index (χ0n) is 15.2. The lowest BCUT2D eigenvalue weighted by Gasteiger charge is -2.32. The summed E-state index contributed by atoms with van der Waals surface area (Å²) >= 11 is 6.18. The van der Waals surface area contributed by atoms with Crippen molar-refractivity contribution in [1.29, 1.82) is 0 Å². The fraction of sp³-hybridized carbons (Fsp3) is 0.300. The third-order valence-electron chi connectivity index (χ3n) is 4.51. The zero-order chi connectivity index (χ0) is 18.8. The first-order valence-electron chi connectivity index (χ1n) is 8.53. The van der Waals surface area contributed by atoms with Crippen LogP contribution in [0.3, 0.4) is 0 Å². The number of amides is 2. The molecule has 26 heavy (non-hydrogen) atoms. The maximum atomic E-state index is 13.3. The third-order valence-corrected chi connectivity index (χ3v) is 4.75. The Hall–Kier alpha value is -2.37. The van der Waals surface area contributed by atoms with E-state index >= 15 is 0 Å². The number of fused-ring (bicyclic) bond motifs is 2. The van der Waals surface area contributed by atoms with Gasteiger partial charge in [-0.25, -0.2) is 0 Å². The van der Waals surface area contributed by atoms with Crippen molar-refractivity contribution in [3.63, 3.8) is 0 Å². The number of hydrogen-bond donors (Lipinski definition) is 0. The summed E-state index contributed by atoms with van der Waals surface area (Å²) in [7, 11) is 5.68. The van der Waals surface area contributed by atoms with Crippen molar-refractivity contribution >= 4 is 34.8 Å². The van der Waals surface area contributed by atoms with Crippen LogP contribution in [-0.2, 0) is 0 Å². The van der Waals surface area contributed by atoms with Gasteiger partial charge in [-0.15, -0.1) is 0 Å². The van der Waals surface area contributed by atoms with E-state index in [-0.39, 0.29) is 11.8 Å². The monoisotopic (exact) mass is 371 g/mol. The van der Waals surface area contributed by atoms with Crippen molar-refractivity contribution in [2.45, 2.75) is 6.42 Å². The van der Waals surface area contributed by atoms with E-state index in [9.17, 15) is 9.59 Å². The Morgan fingerprint density at radius 1 is 0.962 bits per heavy atom. The van der Waals surface area contributed by atoms with Gasteiger partial charge in [0.15, 0.2) is 0 Å². The van der Waals surface area contributed by atoms with Gasteiger partial charge in [0.2, 0.25) is 0 Å². The Labute approximate surface area is 158 Å². The van der Waals surface area contributed by atoms with Crippen molar-refractivity contribution in [1.82, 2.24) is 4.90 Å². The summed E-state index contributed by atoms with van der Waals surface area (Å²) in [6.45, 7) is 1.35. The van der Waals surface area contributed by atoms with Crippen molar-refractivity contribution < 1.29 is 9.59 Å². The van der Waals surface area contributed by atoms with Gasteiger partial charge in [0, 0.05) is 18.6 Å². The van der Waals surface area contributed by atoms with E-state index in [0.29, 0.717) is 34.1 Å². The van der Waals surface area contributed by atoms with E-state index < -0.39 is 0 Å². The smallest absolute Gasteiger partial charge is 0.260 e. The van der Waals surface area contributed by atoms with Gasteiger partial charge < -0.3 is 14.7 Å². The Morgan fingerprint density at radius 3 is 2.38 bits per heavy atom. The predicted octanol–water partition coefficient (Wildman–Crippen LogP) is 3.53. The molecule has 0 aromatic heterocycles. The van der Waals surface area contributed by atoms with Crippen molar-refractivity contribution in [3.05, 3.63) is 58.6 Å². The molecule has 0 radical (unpaired) electrons. The van der Waals surface area contributed by atoms with Crippen LogP contribution in [0.25, 0.3) is 0 Å². The highest BCUT2D eigenvalue weighted by atomic mass is 35.5. The Balaban J connectivity index is 2.12. The van der Waals surface area contributed by atoms with Gasteiger partial charge in [-0.3, -0.25) is 9.59 Å². The number of carbonyl (C=O) groups is 2. The molecule has 1 aliphatic heterocycles. The lowest BCUT2D eigenvalue weighted by molar-refractivity contribution is 0.0976. The van der Waals surface area contributed by atoms with Crippen LogP contribution in [0.15, 0.2) is 42.5 Å². The van der Waals surface area contributed by atoms with Gasteiger partial charge in [0.25, 0.3) is 11.8 Å². The van der Waals surface area contributed by atoms with Crippen molar-refractivity contribution in [2.75, 3.05) is 44.0 Å². The molecule has 2 amide bonds. The maximum Gasteiger partial charge on any atom is 0.260 e. The number of rotatable bonds is 4. The van der Waals surface area contributed by atoms with Crippen LogP contribution in [0.5, 0.6) is 0 Å². The largest absolute Gasteiger partial charge is 0.311 e. The number of halogens is 1. The fourth-order valence-corrected chi connectivity index (χ4v) is 3.33. The molecule has 0 fully saturated rings. The molecule has 0 spiro atoms. The van der Waals surface area contributed by atoms with E-state index in [1.807, 2.05) is 26.2 Å². The number of para-hydroxylation sites is 1. The minimum atomic E-state index is -0.158. The number of nitrogens with zero attached hydrogens (tertiary/aromatic N) is 3. The second kappa shape index (κ2) is 7.48. The molecule has 0 aliphatic carbocycles. The van der Waals surface area contributed by atoms with Crippen LogP contribution in [0.2, 0.25) is 5.02 Å². The average molecular weight is 372 g/mol. The minimum Gasteiger partial charge on any atom is -0.311 e. The first kappa shape index (κ1) is 18.4. The summed E-state index contributed by atoms with van der Waals surface area (Å²) in [5, 5.41) is 0.499. The van der Waals surface area contributed by atoms with Crippen LogP contribution >= 0.6 is 11.6 Å². The fourth-order valence-electron chi connectivity index (χ4n) is 3.17. The molecule has 136 valence electrons. The van der Waals surface area contributed by atoms with Gasteiger partial charge in [-0.2, -0.15) is 0 Å². The second-order valence-electron chi connectivity index (χ2n) is 6.66. The highest BCUT2D eigenvalue weighted by molar-refractivity contribution is 6.31. The molecular formula is C20H22ClN3O2. The maximum absolute atomic E-state index is 13.3. The van der Waals surface area contributed by atoms with E-state index in [4.69, 9.17) is 11.6 Å². The van der Waals surface area contributed by atoms with Crippen LogP contribution in [-0.4, -0.2) is 50.9 Å². The quantitative estimate of drug-likeness (QED) is 0.825. The molecule has 3 rings (SSSR count). The van der Waals surface area contributed by atoms with Crippen LogP contribution < -0.4 is 9.80 Å². The molecule has 1 heterocycles. The average Bonchev–Trinajstić information content (AvgIpc) is 2.62. The molecule has 0 atom stereocenters. The third kappa shape index (κ3) is 3.45. The highest BCUT2D eigenvalue weighted by Crippen LogP contribution is 2.33. The lowest BCUT2D eigenvalue weighted by atomic mass is 10.0. The second-order valence-corrected chi connectivity index (χ2v) is 7.09. The van der Waals surface area contributed by atoms with Gasteiger partial charge in [-0.1, -0.05) is 23.7 Å². The molecule has 2 aromatic carbocycles. The predicted molar refractivity (Wildman–Crippen MR) is 105 cm³/mol. The Kier molecular flexibility index (Phi) is 5.30. The van der Waals surface area contributed by atoms with Crippen molar-refractivity contribution in [2.24, 2.45) is 0 Å². The molecule has 0 saturated heterocycles. The summed E-state index contributed by atoms with van der Waals surface area (Å²) in [5.41, 5.74) is 2.16.